The van der Waals surface area contributed by atoms with Gasteiger partial charge in [-0.05, 0) is 113 Å². The summed E-state index contributed by atoms with van der Waals surface area (Å²) >= 11 is 0. The molecule has 6 rings (SSSR count). The Morgan fingerprint density at radius 3 is 1.59 bits per heavy atom. The monoisotopic (exact) mass is 817 g/mol. The number of hydrogen-bond donors (Lipinski definition) is 0. The van der Waals surface area contributed by atoms with Crippen LogP contribution in [0.2, 0.25) is 0 Å². The van der Waals surface area contributed by atoms with E-state index in [0.717, 1.165) is 22.4 Å². The standard InChI is InChI=1S/C46H56FNO11/c1-30(49)57-40(35-14-16-37(47)17-15-35)21-20-39-41(36-12-8-33(9-13-36)22-24-45(58-31(2)50)26-53-43(4,5)54-27-45)48(42(39)52)38-18-10-34(11-19-38)23-25-46(59-32(3)51)28-55-44(6,7)56-29-46/h8-19,39-41H,20-29H2,1-7H3/t39-,40+,41-/m1/s1. The van der Waals surface area contributed by atoms with E-state index in [-0.39, 0.29) is 38.4 Å². The van der Waals surface area contributed by atoms with Gasteiger partial charge in [0.25, 0.3) is 0 Å². The second-order valence-electron chi connectivity index (χ2n) is 16.9. The van der Waals surface area contributed by atoms with E-state index in [0.29, 0.717) is 44.1 Å². The van der Waals surface area contributed by atoms with Crippen LogP contribution in [0.25, 0.3) is 0 Å². The van der Waals surface area contributed by atoms with Crippen LogP contribution in [0, 0.1) is 11.7 Å². The molecule has 0 aliphatic carbocycles. The molecule has 0 unspecified atom stereocenters. The molecule has 59 heavy (non-hydrogen) atoms. The van der Waals surface area contributed by atoms with Crippen molar-refractivity contribution >= 4 is 29.5 Å². The molecule has 3 saturated heterocycles. The van der Waals surface area contributed by atoms with Crippen molar-refractivity contribution in [2.75, 3.05) is 31.3 Å². The molecule has 3 fully saturated rings. The number of nitrogens with zero attached hydrogens (tertiary/aromatic N) is 1. The number of β-lactam (4-membered cyclic amide) rings is 1. The second-order valence-corrected chi connectivity index (χ2v) is 16.9. The molecule has 3 aromatic rings. The average Bonchev–Trinajstić information content (AvgIpc) is 3.18. The maximum Gasteiger partial charge on any atom is 0.303 e. The molecular weight excluding hydrogens is 762 g/mol. The number of carbonyl (C=O) groups excluding carboxylic acids is 4. The maximum atomic E-state index is 14.1. The van der Waals surface area contributed by atoms with Crippen LogP contribution < -0.4 is 4.90 Å². The normalized spacial score (nSPS) is 22.1. The lowest BCUT2D eigenvalue weighted by atomic mass is 9.78. The lowest BCUT2D eigenvalue weighted by Gasteiger charge is -2.48. The van der Waals surface area contributed by atoms with Gasteiger partial charge in [-0.3, -0.25) is 19.2 Å². The first-order valence-electron chi connectivity index (χ1n) is 20.2. The largest absolute Gasteiger partial charge is 0.458 e. The highest BCUT2D eigenvalue weighted by Crippen LogP contribution is 2.47. The lowest BCUT2D eigenvalue weighted by molar-refractivity contribution is -0.305. The van der Waals surface area contributed by atoms with Gasteiger partial charge in [0.1, 0.15) is 11.9 Å². The van der Waals surface area contributed by atoms with Crippen molar-refractivity contribution in [3.8, 4) is 0 Å². The summed E-state index contributed by atoms with van der Waals surface area (Å²) in [5.74, 6) is -3.70. The SMILES string of the molecule is CC(=O)O[C@@H](CC[C@H]1C(=O)N(c2ccc(CCC3(OC(C)=O)COC(C)(C)OC3)cc2)[C@@H]1c1ccc(CCC2(OC(C)=O)COC(C)(C)OC2)cc1)c1ccc(F)cc1. The molecule has 0 radical (unpaired) electrons. The number of ether oxygens (including phenoxy) is 7. The average molecular weight is 818 g/mol. The summed E-state index contributed by atoms with van der Waals surface area (Å²) in [6.07, 6.45) is 2.27. The van der Waals surface area contributed by atoms with E-state index in [1.807, 2.05) is 76.2 Å². The minimum absolute atomic E-state index is 0.0658. The molecular formula is C46H56FNO11. The maximum absolute atomic E-state index is 14.1. The Labute approximate surface area is 345 Å². The van der Waals surface area contributed by atoms with Crippen molar-refractivity contribution in [3.63, 3.8) is 0 Å². The summed E-state index contributed by atoms with van der Waals surface area (Å²) in [5.41, 5.74) is 2.48. The Kier molecular flexibility index (Phi) is 13.3. The number of benzene rings is 3. The zero-order valence-corrected chi connectivity index (χ0v) is 35.0. The molecule has 3 aromatic carbocycles. The van der Waals surface area contributed by atoms with Crippen molar-refractivity contribution in [2.45, 2.75) is 122 Å². The van der Waals surface area contributed by atoms with Gasteiger partial charge < -0.3 is 38.1 Å². The number of aryl methyl sites for hydroxylation is 2. The van der Waals surface area contributed by atoms with Crippen molar-refractivity contribution in [3.05, 3.63) is 101 Å². The van der Waals surface area contributed by atoms with Gasteiger partial charge in [-0.25, -0.2) is 4.39 Å². The van der Waals surface area contributed by atoms with Crippen LogP contribution in [0.1, 0.15) is 109 Å². The van der Waals surface area contributed by atoms with Crippen LogP contribution in [0.5, 0.6) is 0 Å². The fourth-order valence-corrected chi connectivity index (χ4v) is 7.96. The fourth-order valence-electron chi connectivity index (χ4n) is 7.96. The minimum atomic E-state index is -0.911. The summed E-state index contributed by atoms with van der Waals surface area (Å²) in [4.78, 5) is 52.1. The van der Waals surface area contributed by atoms with E-state index in [4.69, 9.17) is 33.2 Å². The van der Waals surface area contributed by atoms with E-state index in [1.165, 1.54) is 32.9 Å². The summed E-state index contributed by atoms with van der Waals surface area (Å²) in [7, 11) is 0. The second kappa shape index (κ2) is 17.9. The van der Waals surface area contributed by atoms with Gasteiger partial charge in [0.15, 0.2) is 22.8 Å². The number of hydrogen-bond acceptors (Lipinski definition) is 11. The zero-order valence-electron chi connectivity index (χ0n) is 35.0. The van der Waals surface area contributed by atoms with Gasteiger partial charge in [-0.15, -0.1) is 0 Å². The van der Waals surface area contributed by atoms with Crippen LogP contribution in [0.4, 0.5) is 10.1 Å². The molecule has 0 bridgehead atoms. The molecule has 1 amide bonds. The third-order valence-corrected chi connectivity index (χ3v) is 11.2. The van der Waals surface area contributed by atoms with E-state index in [9.17, 15) is 23.6 Å². The number of amides is 1. The first-order chi connectivity index (χ1) is 27.9. The van der Waals surface area contributed by atoms with E-state index in [2.05, 4.69) is 0 Å². The number of rotatable bonds is 15. The first kappa shape index (κ1) is 43.9. The molecule has 0 spiro atoms. The van der Waals surface area contributed by atoms with Crippen molar-refractivity contribution in [1.29, 1.82) is 0 Å². The summed E-state index contributed by atoms with van der Waals surface area (Å²) in [6, 6.07) is 21.4. The molecule has 0 aromatic heterocycles. The van der Waals surface area contributed by atoms with Gasteiger partial charge >= 0.3 is 17.9 Å². The smallest absolute Gasteiger partial charge is 0.303 e. The number of halogens is 1. The van der Waals surface area contributed by atoms with Gasteiger partial charge in [0.05, 0.1) is 38.4 Å². The van der Waals surface area contributed by atoms with E-state index >= 15 is 0 Å². The molecule has 13 heteroatoms. The van der Waals surface area contributed by atoms with Crippen LogP contribution in [-0.4, -0.2) is 73.0 Å². The predicted octanol–water partition coefficient (Wildman–Crippen LogP) is 7.65. The molecule has 3 aliphatic heterocycles. The molecule has 0 saturated carbocycles. The molecule has 3 aliphatic rings. The van der Waals surface area contributed by atoms with Crippen LogP contribution >= 0.6 is 0 Å². The fraction of sp³-hybridized carbons (Fsp3) is 0.522. The summed E-state index contributed by atoms with van der Waals surface area (Å²) in [6.45, 7) is 12.3. The third kappa shape index (κ3) is 11.1. The van der Waals surface area contributed by atoms with E-state index in [1.54, 1.807) is 17.0 Å². The molecule has 12 nitrogen and oxygen atoms in total. The van der Waals surface area contributed by atoms with Crippen LogP contribution in [0.3, 0.4) is 0 Å². The highest BCUT2D eigenvalue weighted by Gasteiger charge is 2.49. The van der Waals surface area contributed by atoms with Crippen molar-refractivity contribution < 1.29 is 56.7 Å². The van der Waals surface area contributed by atoms with Gasteiger partial charge in [-0.2, -0.15) is 0 Å². The number of esters is 3. The highest BCUT2D eigenvalue weighted by atomic mass is 19.1. The Bertz CT molecular complexity index is 1940. The predicted molar refractivity (Wildman–Crippen MR) is 214 cm³/mol. The quantitative estimate of drug-likeness (QED) is 0.0850. The van der Waals surface area contributed by atoms with Crippen LogP contribution in [-0.2, 0) is 65.2 Å². The van der Waals surface area contributed by atoms with Gasteiger partial charge in [-0.1, -0.05) is 48.5 Å². The van der Waals surface area contributed by atoms with Crippen molar-refractivity contribution in [1.82, 2.24) is 0 Å². The molecule has 3 atom stereocenters. The summed E-state index contributed by atoms with van der Waals surface area (Å²) < 4.78 is 54.4. The van der Waals surface area contributed by atoms with E-state index < -0.39 is 58.5 Å². The highest BCUT2D eigenvalue weighted by molar-refractivity contribution is 6.03. The van der Waals surface area contributed by atoms with Gasteiger partial charge in [0.2, 0.25) is 5.91 Å². The van der Waals surface area contributed by atoms with Crippen LogP contribution in [0.15, 0.2) is 72.8 Å². The lowest BCUT2D eigenvalue weighted by Crippen LogP contribution is -2.55. The number of carbonyl (C=O) groups is 4. The zero-order chi connectivity index (χ0) is 42.6. The Morgan fingerprint density at radius 1 is 0.695 bits per heavy atom. The van der Waals surface area contributed by atoms with Gasteiger partial charge in [0, 0.05) is 26.5 Å². The summed E-state index contributed by atoms with van der Waals surface area (Å²) in [5, 5.41) is 0. The molecule has 0 N–H and O–H groups in total. The first-order valence-corrected chi connectivity index (χ1v) is 20.2. The third-order valence-electron chi connectivity index (χ3n) is 11.2. The van der Waals surface area contributed by atoms with Crippen molar-refractivity contribution in [2.24, 2.45) is 5.92 Å². The Balaban J connectivity index is 1.20. The molecule has 3 heterocycles. The Hall–Kier alpha value is -4.69. The Morgan fingerprint density at radius 2 is 1.15 bits per heavy atom. The minimum Gasteiger partial charge on any atom is -0.458 e. The topological polar surface area (TPSA) is 136 Å². The molecule has 318 valence electrons. The number of anilines is 1.